The number of likely N-dealkylation sites (N-methyl/N-ethyl adjacent to an activating group) is 1. The van der Waals surface area contributed by atoms with E-state index < -0.39 is 35.6 Å². The molecule has 5 rings (SSSR count). The molecule has 39 heavy (non-hydrogen) atoms. The van der Waals surface area contributed by atoms with Gasteiger partial charge in [-0.1, -0.05) is 12.1 Å². The molecule has 1 saturated heterocycles. The maximum Gasteiger partial charge on any atom is 0.573 e. The van der Waals surface area contributed by atoms with Crippen LogP contribution in [0.2, 0.25) is 0 Å². The van der Waals surface area contributed by atoms with Crippen LogP contribution in [0.5, 0.6) is 17.2 Å². The molecular weight excluding hydrogens is 517 g/mol. The number of aliphatic hydroxyl groups excluding tert-OH is 1. The van der Waals surface area contributed by atoms with Crippen LogP contribution in [0.4, 0.5) is 24.5 Å². The Hall–Kier alpha value is -4.67. The Morgan fingerprint density at radius 3 is 2.46 bits per heavy atom. The van der Waals surface area contributed by atoms with Crippen molar-refractivity contribution in [1.82, 2.24) is 0 Å². The molecule has 1 atom stereocenters. The first-order valence-electron chi connectivity index (χ1n) is 11.9. The summed E-state index contributed by atoms with van der Waals surface area (Å²) in [5.41, 5.74) is 1.41. The van der Waals surface area contributed by atoms with Crippen molar-refractivity contribution in [1.29, 1.82) is 0 Å². The third-order valence-electron chi connectivity index (χ3n) is 6.53. The third kappa shape index (κ3) is 4.95. The van der Waals surface area contributed by atoms with Gasteiger partial charge in [-0.2, -0.15) is 0 Å². The molecule has 8 nitrogen and oxygen atoms in total. The van der Waals surface area contributed by atoms with Gasteiger partial charge in [-0.15, -0.1) is 13.2 Å². The van der Waals surface area contributed by atoms with Crippen LogP contribution in [0.1, 0.15) is 17.2 Å². The van der Waals surface area contributed by atoms with E-state index in [9.17, 15) is 27.9 Å². The molecule has 2 aliphatic heterocycles. The number of carbonyl (C=O) groups is 2. The quantitative estimate of drug-likeness (QED) is 0.275. The number of amides is 1. The largest absolute Gasteiger partial charge is 0.573 e. The van der Waals surface area contributed by atoms with Crippen molar-refractivity contribution in [3.05, 3.63) is 83.4 Å². The van der Waals surface area contributed by atoms with E-state index in [1.54, 1.807) is 42.5 Å². The van der Waals surface area contributed by atoms with Gasteiger partial charge in [0.25, 0.3) is 11.7 Å². The molecule has 0 spiro atoms. The van der Waals surface area contributed by atoms with Crippen LogP contribution in [0.3, 0.4) is 0 Å². The highest BCUT2D eigenvalue weighted by Crippen LogP contribution is 2.44. The van der Waals surface area contributed by atoms with Crippen molar-refractivity contribution in [2.45, 2.75) is 12.4 Å². The van der Waals surface area contributed by atoms with E-state index in [-0.39, 0.29) is 11.3 Å². The normalized spacial score (nSPS) is 18.5. The number of nitrogens with zero attached hydrogens (tertiary/aromatic N) is 2. The molecule has 3 aromatic carbocycles. The lowest BCUT2D eigenvalue weighted by atomic mass is 9.94. The summed E-state index contributed by atoms with van der Waals surface area (Å²) in [5.74, 6) is -1.72. The third-order valence-corrected chi connectivity index (χ3v) is 6.53. The van der Waals surface area contributed by atoms with Gasteiger partial charge in [0.2, 0.25) is 0 Å². The molecule has 0 aromatic heterocycles. The number of rotatable bonds is 5. The Balaban J connectivity index is 1.64. The first-order valence-corrected chi connectivity index (χ1v) is 11.9. The Bertz CT molecular complexity index is 1470. The van der Waals surface area contributed by atoms with E-state index in [0.29, 0.717) is 41.5 Å². The fourth-order valence-corrected chi connectivity index (χ4v) is 4.69. The molecule has 1 amide bonds. The molecule has 11 heteroatoms. The van der Waals surface area contributed by atoms with Gasteiger partial charge in [-0.25, -0.2) is 0 Å². The number of aliphatic hydroxyl groups is 1. The monoisotopic (exact) mass is 540 g/mol. The number of fused-ring (bicyclic) bond motifs is 1. The molecule has 2 heterocycles. The number of carbonyl (C=O) groups excluding carboxylic acids is 2. The predicted octanol–water partition coefficient (Wildman–Crippen LogP) is 5.05. The number of anilines is 2. The number of benzene rings is 3. The van der Waals surface area contributed by atoms with Crippen molar-refractivity contribution >= 4 is 28.8 Å². The van der Waals surface area contributed by atoms with Crippen LogP contribution in [0, 0.1) is 0 Å². The second kappa shape index (κ2) is 9.90. The minimum atomic E-state index is -4.89. The fourth-order valence-electron chi connectivity index (χ4n) is 4.69. The van der Waals surface area contributed by atoms with E-state index in [4.69, 9.17) is 9.47 Å². The molecule has 0 aliphatic carbocycles. The topological polar surface area (TPSA) is 88.5 Å². The minimum Gasteiger partial charge on any atom is -0.507 e. The molecule has 0 saturated carbocycles. The minimum absolute atomic E-state index is 0.136. The van der Waals surface area contributed by atoms with E-state index >= 15 is 0 Å². The summed E-state index contributed by atoms with van der Waals surface area (Å²) in [6, 6.07) is 15.0. The Morgan fingerprint density at radius 2 is 1.77 bits per heavy atom. The summed E-state index contributed by atoms with van der Waals surface area (Å²) in [6.07, 6.45) is -4.89. The lowest BCUT2D eigenvalue weighted by molar-refractivity contribution is -0.274. The summed E-state index contributed by atoms with van der Waals surface area (Å²) in [4.78, 5) is 29.8. The highest BCUT2D eigenvalue weighted by molar-refractivity contribution is 6.51. The van der Waals surface area contributed by atoms with E-state index in [1.807, 2.05) is 11.9 Å². The summed E-state index contributed by atoms with van der Waals surface area (Å²) < 4.78 is 52.9. The van der Waals surface area contributed by atoms with Crippen LogP contribution < -0.4 is 24.0 Å². The van der Waals surface area contributed by atoms with E-state index in [0.717, 1.165) is 17.0 Å². The molecule has 2 aliphatic rings. The summed E-state index contributed by atoms with van der Waals surface area (Å²) in [6.45, 7) is 1.13. The Labute approximate surface area is 221 Å². The van der Waals surface area contributed by atoms with Gasteiger partial charge < -0.3 is 24.2 Å². The first-order chi connectivity index (χ1) is 18.6. The molecule has 1 fully saturated rings. The lowest BCUT2D eigenvalue weighted by Gasteiger charge is -2.28. The van der Waals surface area contributed by atoms with Gasteiger partial charge in [0.05, 0.1) is 31.0 Å². The van der Waals surface area contributed by atoms with Gasteiger partial charge >= 0.3 is 6.36 Å². The zero-order valence-electron chi connectivity index (χ0n) is 20.9. The summed E-state index contributed by atoms with van der Waals surface area (Å²) in [5, 5.41) is 11.4. The molecular formula is C28H23F3N2O6. The molecule has 1 N–H and O–H groups in total. The van der Waals surface area contributed by atoms with Crippen LogP contribution in [-0.4, -0.2) is 50.5 Å². The van der Waals surface area contributed by atoms with Gasteiger partial charge in [0.15, 0.2) is 0 Å². The SMILES string of the molecule is COc1cccc(C2/C(=C(/O)c3ccc4c(c3)N(C)CCO4)C(=O)C(=O)N2c2ccc(OC(F)(F)F)cc2)c1. The number of halogens is 3. The van der Waals surface area contributed by atoms with Crippen LogP contribution in [-0.2, 0) is 9.59 Å². The zero-order valence-corrected chi connectivity index (χ0v) is 20.9. The Kier molecular flexibility index (Phi) is 6.59. The Morgan fingerprint density at radius 1 is 1.03 bits per heavy atom. The lowest BCUT2D eigenvalue weighted by Crippen LogP contribution is -2.29. The van der Waals surface area contributed by atoms with Gasteiger partial charge in [0.1, 0.15) is 29.6 Å². The van der Waals surface area contributed by atoms with E-state index in [2.05, 4.69) is 4.74 Å². The van der Waals surface area contributed by atoms with Crippen molar-refractivity contribution in [2.24, 2.45) is 0 Å². The average Bonchev–Trinajstić information content (AvgIpc) is 3.18. The molecule has 3 aromatic rings. The van der Waals surface area contributed by atoms with Crippen molar-refractivity contribution in [2.75, 3.05) is 37.1 Å². The molecule has 0 bridgehead atoms. The predicted molar refractivity (Wildman–Crippen MR) is 136 cm³/mol. The second-order valence-electron chi connectivity index (χ2n) is 8.94. The van der Waals surface area contributed by atoms with Crippen molar-refractivity contribution in [3.63, 3.8) is 0 Å². The fraction of sp³-hybridized carbons (Fsp3) is 0.214. The van der Waals surface area contributed by atoms with Crippen LogP contribution >= 0.6 is 0 Å². The average molecular weight is 540 g/mol. The smallest absolute Gasteiger partial charge is 0.507 e. The second-order valence-corrected chi connectivity index (χ2v) is 8.94. The van der Waals surface area contributed by atoms with Crippen LogP contribution in [0.15, 0.2) is 72.3 Å². The number of ketones is 1. The summed E-state index contributed by atoms with van der Waals surface area (Å²) in [7, 11) is 3.33. The number of Topliss-reactive ketones (excluding diaryl/α,β-unsaturated/α-hetero) is 1. The highest BCUT2D eigenvalue weighted by Gasteiger charge is 2.47. The van der Waals surface area contributed by atoms with Gasteiger partial charge in [-0.3, -0.25) is 14.5 Å². The molecule has 0 radical (unpaired) electrons. The number of hydrogen-bond donors (Lipinski definition) is 1. The summed E-state index contributed by atoms with van der Waals surface area (Å²) >= 11 is 0. The highest BCUT2D eigenvalue weighted by atomic mass is 19.4. The van der Waals surface area contributed by atoms with Gasteiger partial charge in [-0.05, 0) is 60.2 Å². The zero-order chi connectivity index (χ0) is 27.9. The molecule has 202 valence electrons. The molecule has 1 unspecified atom stereocenters. The van der Waals surface area contributed by atoms with E-state index in [1.165, 1.54) is 19.2 Å². The number of ether oxygens (including phenoxy) is 3. The van der Waals surface area contributed by atoms with Crippen molar-refractivity contribution in [3.8, 4) is 17.2 Å². The van der Waals surface area contributed by atoms with Crippen molar-refractivity contribution < 1.29 is 42.1 Å². The number of hydrogen-bond acceptors (Lipinski definition) is 7. The van der Waals surface area contributed by atoms with Crippen LogP contribution in [0.25, 0.3) is 5.76 Å². The number of methoxy groups -OCH3 is 1. The number of alkyl halides is 3. The maximum absolute atomic E-state index is 13.4. The maximum atomic E-state index is 13.4. The first kappa shape index (κ1) is 26.0. The standard InChI is InChI=1S/C28H23F3N2O6/c1-32-12-13-38-22-11-6-17(15-21(22)32)25(34)23-24(16-4-3-5-20(14-16)37-2)33(27(36)26(23)35)18-7-9-19(10-8-18)39-28(29,30)31/h3-11,14-15,24,34H,12-13H2,1-2H3/b25-23-. The van der Waals surface area contributed by atoms with Gasteiger partial charge in [0, 0.05) is 18.3 Å².